The molecule has 0 spiro atoms. The maximum atomic E-state index is 13.1. The normalized spacial score (nSPS) is 14.6. The molecule has 1 amide bonds. The summed E-state index contributed by atoms with van der Waals surface area (Å²) in [7, 11) is 0. The van der Waals surface area contributed by atoms with Crippen molar-refractivity contribution in [2.45, 2.75) is 20.1 Å². The van der Waals surface area contributed by atoms with E-state index in [1.54, 1.807) is 48.2 Å². The van der Waals surface area contributed by atoms with E-state index in [1.165, 1.54) is 12.1 Å². The minimum atomic E-state index is -0.238. The van der Waals surface area contributed by atoms with Crippen molar-refractivity contribution in [3.63, 3.8) is 0 Å². The Morgan fingerprint density at radius 3 is 2.45 bits per heavy atom. The largest absolute Gasteiger partial charge is 0.489 e. The Bertz CT molecular complexity index is 1030. The number of ether oxygens (including phenoxy) is 1. The van der Waals surface area contributed by atoms with E-state index in [0.29, 0.717) is 40.9 Å². The van der Waals surface area contributed by atoms with E-state index < -0.39 is 0 Å². The van der Waals surface area contributed by atoms with Crippen LogP contribution in [0, 0.1) is 12.7 Å². The van der Waals surface area contributed by atoms with Crippen molar-refractivity contribution < 1.29 is 18.4 Å². The second kappa shape index (κ2) is 9.49. The number of aromatic nitrogens is 1. The zero-order chi connectivity index (χ0) is 21.8. The van der Waals surface area contributed by atoms with Crippen LogP contribution in [0.15, 0.2) is 53.1 Å². The van der Waals surface area contributed by atoms with Crippen molar-refractivity contribution in [3.8, 4) is 5.75 Å². The molecule has 1 fully saturated rings. The number of amides is 1. The van der Waals surface area contributed by atoms with Gasteiger partial charge in [0.25, 0.3) is 5.91 Å². The zero-order valence-electron chi connectivity index (χ0n) is 17.2. The van der Waals surface area contributed by atoms with Crippen molar-refractivity contribution in [2.75, 3.05) is 26.2 Å². The molecule has 4 rings (SSSR count). The van der Waals surface area contributed by atoms with Crippen molar-refractivity contribution >= 4 is 17.5 Å². The third-order valence-corrected chi connectivity index (χ3v) is 5.61. The standard InChI is InChI=1S/C23H23ClFN3O3/c1-16-21(15-30-20-8-4-18(24)5-9-20)22(26-31-16)23(29)28-12-10-27(11-13-28)14-17-2-6-19(25)7-3-17/h2-9H,10-15H2,1H3. The second-order valence-electron chi connectivity index (χ2n) is 7.50. The number of carbonyl (C=O) groups is 1. The maximum Gasteiger partial charge on any atom is 0.276 e. The Balaban J connectivity index is 1.35. The molecule has 1 aromatic heterocycles. The van der Waals surface area contributed by atoms with Gasteiger partial charge in [-0.2, -0.15) is 0 Å². The molecule has 0 saturated carbocycles. The molecule has 0 unspecified atom stereocenters. The Kier molecular flexibility index (Phi) is 6.53. The summed E-state index contributed by atoms with van der Waals surface area (Å²) in [6.07, 6.45) is 0. The summed E-state index contributed by atoms with van der Waals surface area (Å²) in [4.78, 5) is 17.1. The van der Waals surface area contributed by atoms with Crippen molar-refractivity contribution in [3.05, 3.63) is 82.0 Å². The molecule has 2 aromatic carbocycles. The van der Waals surface area contributed by atoms with Gasteiger partial charge in [-0.3, -0.25) is 9.69 Å². The van der Waals surface area contributed by atoms with Crippen molar-refractivity contribution in [1.29, 1.82) is 0 Å². The first-order valence-corrected chi connectivity index (χ1v) is 10.5. The van der Waals surface area contributed by atoms with Gasteiger partial charge >= 0.3 is 0 Å². The molecule has 6 nitrogen and oxygen atoms in total. The van der Waals surface area contributed by atoms with E-state index in [2.05, 4.69) is 10.1 Å². The summed E-state index contributed by atoms with van der Waals surface area (Å²) in [5.41, 5.74) is 1.99. The number of piperazine rings is 1. The zero-order valence-corrected chi connectivity index (χ0v) is 17.9. The fourth-order valence-electron chi connectivity index (χ4n) is 3.52. The van der Waals surface area contributed by atoms with Crippen LogP contribution in [-0.2, 0) is 13.2 Å². The van der Waals surface area contributed by atoms with E-state index in [4.69, 9.17) is 20.9 Å². The van der Waals surface area contributed by atoms with Gasteiger partial charge < -0.3 is 14.2 Å². The number of rotatable bonds is 6. The molecular weight excluding hydrogens is 421 g/mol. The average Bonchev–Trinajstić information content (AvgIpc) is 3.15. The highest BCUT2D eigenvalue weighted by Crippen LogP contribution is 2.21. The van der Waals surface area contributed by atoms with Crippen molar-refractivity contribution in [2.24, 2.45) is 0 Å². The molecule has 8 heteroatoms. The van der Waals surface area contributed by atoms with Crippen LogP contribution in [0.5, 0.6) is 5.75 Å². The molecule has 0 radical (unpaired) electrons. The topological polar surface area (TPSA) is 58.8 Å². The smallest absolute Gasteiger partial charge is 0.276 e. The molecule has 31 heavy (non-hydrogen) atoms. The number of hydrogen-bond acceptors (Lipinski definition) is 5. The van der Waals surface area contributed by atoms with Crippen LogP contribution >= 0.6 is 11.6 Å². The summed E-state index contributed by atoms with van der Waals surface area (Å²) in [5, 5.41) is 4.62. The van der Waals surface area contributed by atoms with Crippen LogP contribution in [0.25, 0.3) is 0 Å². The SMILES string of the molecule is Cc1onc(C(=O)N2CCN(Cc3ccc(F)cc3)CC2)c1COc1ccc(Cl)cc1. The summed E-state index contributed by atoms with van der Waals surface area (Å²) < 4.78 is 24.2. The van der Waals surface area contributed by atoms with Crippen LogP contribution < -0.4 is 4.74 Å². The van der Waals surface area contributed by atoms with Gasteiger partial charge in [0.1, 0.15) is 23.9 Å². The highest BCUT2D eigenvalue weighted by molar-refractivity contribution is 6.30. The minimum Gasteiger partial charge on any atom is -0.489 e. The summed E-state index contributed by atoms with van der Waals surface area (Å²) in [6.45, 7) is 5.32. The van der Waals surface area contributed by atoms with Gasteiger partial charge in [0, 0.05) is 37.7 Å². The molecule has 1 saturated heterocycles. The van der Waals surface area contributed by atoms with E-state index in [1.807, 2.05) is 0 Å². The highest BCUT2D eigenvalue weighted by atomic mass is 35.5. The van der Waals surface area contributed by atoms with Gasteiger partial charge in [-0.1, -0.05) is 28.9 Å². The minimum absolute atomic E-state index is 0.159. The Morgan fingerprint density at radius 2 is 1.77 bits per heavy atom. The Labute approximate surface area is 185 Å². The van der Waals surface area contributed by atoms with E-state index in [9.17, 15) is 9.18 Å². The van der Waals surface area contributed by atoms with E-state index >= 15 is 0 Å². The summed E-state index contributed by atoms with van der Waals surface area (Å²) >= 11 is 5.90. The lowest BCUT2D eigenvalue weighted by Crippen LogP contribution is -2.48. The number of benzene rings is 2. The van der Waals surface area contributed by atoms with Gasteiger partial charge in [0.15, 0.2) is 5.69 Å². The number of halogens is 2. The van der Waals surface area contributed by atoms with E-state index in [0.717, 1.165) is 25.2 Å². The highest BCUT2D eigenvalue weighted by Gasteiger charge is 2.28. The second-order valence-corrected chi connectivity index (χ2v) is 7.94. The average molecular weight is 444 g/mol. The molecule has 162 valence electrons. The number of carbonyl (C=O) groups excluding carboxylic acids is 1. The Morgan fingerprint density at radius 1 is 1.10 bits per heavy atom. The molecule has 0 N–H and O–H groups in total. The first kappa shape index (κ1) is 21.3. The fraction of sp³-hybridized carbons (Fsp3) is 0.304. The van der Waals surface area contributed by atoms with Crippen LogP contribution in [-0.4, -0.2) is 47.0 Å². The predicted octanol–water partition coefficient (Wildman–Crippen LogP) is 4.31. The van der Waals surface area contributed by atoms with Crippen molar-refractivity contribution in [1.82, 2.24) is 15.0 Å². The number of nitrogens with zero attached hydrogens (tertiary/aromatic N) is 3. The third kappa shape index (κ3) is 5.24. The van der Waals surface area contributed by atoms with Crippen LogP contribution in [0.2, 0.25) is 5.02 Å². The van der Waals surface area contributed by atoms with Crippen LogP contribution in [0.3, 0.4) is 0 Å². The van der Waals surface area contributed by atoms with E-state index in [-0.39, 0.29) is 18.3 Å². The summed E-state index contributed by atoms with van der Waals surface area (Å²) in [6, 6.07) is 13.5. The quantitative estimate of drug-likeness (QED) is 0.568. The molecule has 0 aliphatic carbocycles. The number of aryl methyl sites for hydroxylation is 1. The van der Waals surface area contributed by atoms with Gasteiger partial charge in [-0.15, -0.1) is 0 Å². The van der Waals surface area contributed by atoms with Gasteiger partial charge in [0.05, 0.1) is 5.56 Å². The lowest BCUT2D eigenvalue weighted by atomic mass is 10.1. The summed E-state index contributed by atoms with van der Waals surface area (Å²) in [5.74, 6) is 0.816. The first-order chi connectivity index (χ1) is 15.0. The van der Waals surface area contributed by atoms with Crippen LogP contribution in [0.4, 0.5) is 4.39 Å². The lowest BCUT2D eigenvalue weighted by Gasteiger charge is -2.34. The first-order valence-electron chi connectivity index (χ1n) is 10.1. The maximum absolute atomic E-state index is 13.1. The molecule has 0 atom stereocenters. The fourth-order valence-corrected chi connectivity index (χ4v) is 3.65. The molecule has 1 aliphatic heterocycles. The predicted molar refractivity (Wildman–Crippen MR) is 115 cm³/mol. The molecule has 2 heterocycles. The van der Waals surface area contributed by atoms with Gasteiger partial charge in [0.2, 0.25) is 0 Å². The van der Waals surface area contributed by atoms with Gasteiger partial charge in [-0.25, -0.2) is 4.39 Å². The molecule has 0 bridgehead atoms. The molecule has 3 aromatic rings. The lowest BCUT2D eigenvalue weighted by molar-refractivity contribution is 0.0616. The number of hydrogen-bond donors (Lipinski definition) is 0. The Hall–Kier alpha value is -2.90. The van der Waals surface area contributed by atoms with Crippen LogP contribution in [0.1, 0.15) is 27.4 Å². The molecular formula is C23H23ClFN3O3. The monoisotopic (exact) mass is 443 g/mol. The third-order valence-electron chi connectivity index (χ3n) is 5.36. The van der Waals surface area contributed by atoms with Gasteiger partial charge in [-0.05, 0) is 48.9 Å². The molecule has 1 aliphatic rings.